The van der Waals surface area contributed by atoms with Gasteiger partial charge >= 0.3 is 0 Å². The molecule has 1 saturated carbocycles. The van der Waals surface area contributed by atoms with Crippen molar-refractivity contribution in [3.05, 3.63) is 0 Å². The van der Waals surface area contributed by atoms with Crippen LogP contribution in [0.4, 0.5) is 0 Å². The summed E-state index contributed by atoms with van der Waals surface area (Å²) in [6, 6.07) is 0.382. The van der Waals surface area contributed by atoms with Gasteiger partial charge in [0, 0.05) is 18.5 Å². The first kappa shape index (κ1) is 6.16. The third kappa shape index (κ3) is 0.904. The molecule has 3 nitrogen and oxygen atoms in total. The van der Waals surface area contributed by atoms with Crippen LogP contribution in [0.1, 0.15) is 19.3 Å². The van der Waals surface area contributed by atoms with Crippen LogP contribution in [0.15, 0.2) is 0 Å². The minimum Gasteiger partial charge on any atom is -0.351 e. The van der Waals surface area contributed by atoms with Crippen molar-refractivity contribution in [1.29, 1.82) is 0 Å². The van der Waals surface area contributed by atoms with E-state index in [2.05, 4.69) is 5.32 Å². The van der Waals surface area contributed by atoms with Gasteiger partial charge in [-0.3, -0.25) is 4.79 Å². The van der Waals surface area contributed by atoms with E-state index < -0.39 is 0 Å². The van der Waals surface area contributed by atoms with Crippen LogP contribution in [0, 0.1) is 5.92 Å². The number of nitrogens with two attached hydrogens (primary N) is 1. The summed E-state index contributed by atoms with van der Waals surface area (Å²) in [5.41, 5.74) is 5.73. The van der Waals surface area contributed by atoms with Crippen molar-refractivity contribution in [2.75, 3.05) is 0 Å². The molecular formula is C7H12N2O. The highest BCUT2D eigenvalue weighted by Crippen LogP contribution is 2.35. The molecule has 1 aliphatic heterocycles. The van der Waals surface area contributed by atoms with Crippen LogP contribution in [0.25, 0.3) is 0 Å². The topological polar surface area (TPSA) is 55.1 Å². The summed E-state index contributed by atoms with van der Waals surface area (Å²) < 4.78 is 0. The first-order valence-electron chi connectivity index (χ1n) is 3.82. The van der Waals surface area contributed by atoms with Crippen LogP contribution in [-0.2, 0) is 4.79 Å². The number of carbonyl (C=O) groups excluding carboxylic acids is 1. The highest BCUT2D eigenvalue weighted by Gasteiger charge is 2.40. The minimum absolute atomic E-state index is 0.0833. The summed E-state index contributed by atoms with van der Waals surface area (Å²) in [4.78, 5) is 10.8. The largest absolute Gasteiger partial charge is 0.351 e. The third-order valence-electron chi connectivity index (χ3n) is 2.34. The van der Waals surface area contributed by atoms with Gasteiger partial charge in [-0.2, -0.15) is 0 Å². The Kier molecular flexibility index (Phi) is 1.20. The Hall–Kier alpha value is -0.570. The van der Waals surface area contributed by atoms with Gasteiger partial charge in [0.2, 0.25) is 5.91 Å². The molecule has 1 heterocycles. The predicted molar refractivity (Wildman–Crippen MR) is 37.2 cm³/mol. The number of amides is 1. The summed E-state index contributed by atoms with van der Waals surface area (Å²) in [6.07, 6.45) is 3.03. The molecule has 2 atom stereocenters. The molecule has 0 radical (unpaired) electrons. The maximum absolute atomic E-state index is 10.8. The molecule has 0 bridgehead atoms. The molecule has 1 amide bonds. The first-order valence-corrected chi connectivity index (χ1v) is 3.82. The van der Waals surface area contributed by atoms with Crippen molar-refractivity contribution in [3.63, 3.8) is 0 Å². The molecule has 56 valence electrons. The SMILES string of the molecule is NC1CC(=O)NC1C1CC1. The molecule has 2 aliphatic rings. The van der Waals surface area contributed by atoms with Crippen LogP contribution < -0.4 is 11.1 Å². The fraction of sp³-hybridized carbons (Fsp3) is 0.857. The Morgan fingerprint density at radius 2 is 2.20 bits per heavy atom. The lowest BCUT2D eigenvalue weighted by atomic mass is 10.1. The lowest BCUT2D eigenvalue weighted by Crippen LogP contribution is -2.38. The summed E-state index contributed by atoms with van der Waals surface area (Å²) >= 11 is 0. The Morgan fingerprint density at radius 1 is 1.50 bits per heavy atom. The maximum atomic E-state index is 10.8. The predicted octanol–water partition coefficient (Wildman–Crippen LogP) is -0.388. The molecule has 2 rings (SSSR count). The van der Waals surface area contributed by atoms with Gasteiger partial charge in [0.05, 0.1) is 0 Å². The van der Waals surface area contributed by atoms with E-state index in [-0.39, 0.29) is 11.9 Å². The van der Waals surface area contributed by atoms with E-state index in [4.69, 9.17) is 5.73 Å². The second-order valence-corrected chi connectivity index (χ2v) is 3.30. The van der Waals surface area contributed by atoms with E-state index in [1.807, 2.05) is 0 Å². The minimum atomic E-state index is 0.0833. The van der Waals surface area contributed by atoms with Gasteiger partial charge in [0.1, 0.15) is 0 Å². The number of rotatable bonds is 1. The fourth-order valence-electron chi connectivity index (χ4n) is 1.62. The molecule has 10 heavy (non-hydrogen) atoms. The van der Waals surface area contributed by atoms with Crippen molar-refractivity contribution < 1.29 is 4.79 Å². The second-order valence-electron chi connectivity index (χ2n) is 3.30. The highest BCUT2D eigenvalue weighted by molar-refractivity contribution is 5.79. The van der Waals surface area contributed by atoms with Crippen molar-refractivity contribution >= 4 is 5.91 Å². The van der Waals surface area contributed by atoms with Gasteiger partial charge in [-0.05, 0) is 18.8 Å². The maximum Gasteiger partial charge on any atom is 0.221 e. The van der Waals surface area contributed by atoms with E-state index in [0.717, 1.165) is 0 Å². The van der Waals surface area contributed by atoms with E-state index in [1.165, 1.54) is 12.8 Å². The van der Waals surface area contributed by atoms with Gasteiger partial charge in [-0.15, -0.1) is 0 Å². The zero-order chi connectivity index (χ0) is 7.14. The van der Waals surface area contributed by atoms with Crippen molar-refractivity contribution in [3.8, 4) is 0 Å². The lowest BCUT2D eigenvalue weighted by molar-refractivity contribution is -0.119. The van der Waals surface area contributed by atoms with Gasteiger partial charge < -0.3 is 11.1 Å². The van der Waals surface area contributed by atoms with Crippen molar-refractivity contribution in [2.45, 2.75) is 31.3 Å². The van der Waals surface area contributed by atoms with E-state index in [9.17, 15) is 4.79 Å². The van der Waals surface area contributed by atoms with E-state index in [1.54, 1.807) is 0 Å². The van der Waals surface area contributed by atoms with Crippen LogP contribution in [0.3, 0.4) is 0 Å². The van der Waals surface area contributed by atoms with Crippen molar-refractivity contribution in [2.24, 2.45) is 11.7 Å². The van der Waals surface area contributed by atoms with Gasteiger partial charge in [-0.25, -0.2) is 0 Å². The van der Waals surface area contributed by atoms with E-state index in [0.29, 0.717) is 18.4 Å². The van der Waals surface area contributed by atoms with Crippen LogP contribution in [-0.4, -0.2) is 18.0 Å². The van der Waals surface area contributed by atoms with Gasteiger partial charge in [-0.1, -0.05) is 0 Å². The summed E-state index contributed by atoms with van der Waals surface area (Å²) in [5, 5.41) is 2.90. The molecule has 2 unspecified atom stereocenters. The number of carbonyl (C=O) groups is 1. The van der Waals surface area contributed by atoms with Crippen LogP contribution in [0.5, 0.6) is 0 Å². The highest BCUT2D eigenvalue weighted by atomic mass is 16.2. The molecule has 2 fully saturated rings. The second kappa shape index (κ2) is 1.95. The third-order valence-corrected chi connectivity index (χ3v) is 2.34. The number of hydrogen-bond donors (Lipinski definition) is 2. The summed E-state index contributed by atoms with van der Waals surface area (Å²) in [7, 11) is 0. The summed E-state index contributed by atoms with van der Waals surface area (Å²) in [5.74, 6) is 0.825. The Morgan fingerprint density at radius 3 is 2.60 bits per heavy atom. The number of hydrogen-bond acceptors (Lipinski definition) is 2. The van der Waals surface area contributed by atoms with Crippen LogP contribution in [0.2, 0.25) is 0 Å². The standard InChI is InChI=1S/C7H12N2O/c8-5-3-6(10)9-7(5)4-1-2-4/h4-5,7H,1-3,8H2,(H,9,10). The van der Waals surface area contributed by atoms with E-state index >= 15 is 0 Å². The smallest absolute Gasteiger partial charge is 0.221 e. The molecule has 0 aromatic carbocycles. The lowest BCUT2D eigenvalue weighted by Gasteiger charge is -2.12. The molecule has 1 aliphatic carbocycles. The molecule has 0 aromatic heterocycles. The quantitative estimate of drug-likeness (QED) is 0.521. The zero-order valence-electron chi connectivity index (χ0n) is 5.84. The van der Waals surface area contributed by atoms with Gasteiger partial charge in [0.15, 0.2) is 0 Å². The number of nitrogens with one attached hydrogen (secondary N) is 1. The average molecular weight is 140 g/mol. The summed E-state index contributed by atoms with van der Waals surface area (Å²) in [6.45, 7) is 0. The van der Waals surface area contributed by atoms with Crippen molar-refractivity contribution in [1.82, 2.24) is 5.32 Å². The molecule has 1 saturated heterocycles. The fourth-order valence-corrected chi connectivity index (χ4v) is 1.62. The van der Waals surface area contributed by atoms with Crippen LogP contribution >= 0.6 is 0 Å². The zero-order valence-corrected chi connectivity index (χ0v) is 5.84. The Bertz CT molecular complexity index is 165. The molecule has 3 N–H and O–H groups in total. The Balaban J connectivity index is 2.01. The monoisotopic (exact) mass is 140 g/mol. The molecule has 0 spiro atoms. The molecular weight excluding hydrogens is 128 g/mol. The Labute approximate surface area is 60.0 Å². The first-order chi connectivity index (χ1) is 4.77. The molecule has 3 heteroatoms. The van der Waals surface area contributed by atoms with Gasteiger partial charge in [0.25, 0.3) is 0 Å². The average Bonchev–Trinajstić information content (AvgIpc) is 2.61. The normalized spacial score (nSPS) is 39.9. The molecule has 0 aromatic rings.